The maximum atomic E-state index is 12.1. The van der Waals surface area contributed by atoms with Crippen molar-refractivity contribution in [1.82, 2.24) is 34.6 Å². The summed E-state index contributed by atoms with van der Waals surface area (Å²) in [6, 6.07) is 8.82. The largest absolute Gasteiger partial charge is 0.468 e. The Morgan fingerprint density at radius 2 is 1.46 bits per heavy atom. The summed E-state index contributed by atoms with van der Waals surface area (Å²) in [5.74, 6) is 1.67. The van der Waals surface area contributed by atoms with E-state index in [4.69, 9.17) is 4.74 Å². The first kappa shape index (κ1) is 30.5. The smallest absolute Gasteiger partial charge is 0.319 e. The highest BCUT2D eigenvalue weighted by Crippen LogP contribution is 2.22. The molecule has 2 N–H and O–H groups in total. The minimum atomic E-state index is -0.189. The SMILES string of the molecule is CCCN(CCC)CCCCN(CC(=O)OC)Cc1ccc(CN(Cc2ncc[nH]2)C(C)c2ncc[nH]2)cc1. The first-order valence-electron chi connectivity index (χ1n) is 14.3. The van der Waals surface area contributed by atoms with Crippen LogP contribution in [-0.4, -0.2) is 80.4 Å². The Hall–Kier alpha value is -3.01. The van der Waals surface area contributed by atoms with Crippen molar-refractivity contribution in [2.45, 2.75) is 72.1 Å². The lowest BCUT2D eigenvalue weighted by molar-refractivity contribution is -0.142. The van der Waals surface area contributed by atoms with Gasteiger partial charge in [0.15, 0.2) is 0 Å². The zero-order chi connectivity index (χ0) is 27.9. The molecule has 0 saturated heterocycles. The number of imidazole rings is 2. The topological polar surface area (TPSA) is 93.4 Å². The van der Waals surface area contributed by atoms with E-state index in [-0.39, 0.29) is 12.0 Å². The van der Waals surface area contributed by atoms with Crippen molar-refractivity contribution in [1.29, 1.82) is 0 Å². The normalized spacial score (nSPS) is 12.5. The van der Waals surface area contributed by atoms with Gasteiger partial charge in [-0.15, -0.1) is 0 Å². The summed E-state index contributed by atoms with van der Waals surface area (Å²) in [7, 11) is 1.46. The molecule has 0 aliphatic carbocycles. The van der Waals surface area contributed by atoms with Crippen LogP contribution in [0.4, 0.5) is 0 Å². The highest BCUT2D eigenvalue weighted by Gasteiger charge is 2.20. The first-order valence-corrected chi connectivity index (χ1v) is 14.3. The second-order valence-corrected chi connectivity index (χ2v) is 10.2. The predicted molar refractivity (Wildman–Crippen MR) is 155 cm³/mol. The molecule has 0 aliphatic rings. The van der Waals surface area contributed by atoms with Gasteiger partial charge in [0.2, 0.25) is 0 Å². The molecule has 3 aromatic rings. The summed E-state index contributed by atoms with van der Waals surface area (Å²) < 4.78 is 4.98. The van der Waals surface area contributed by atoms with Crippen molar-refractivity contribution < 1.29 is 9.53 Å². The van der Waals surface area contributed by atoms with Crippen LogP contribution in [0.1, 0.15) is 75.3 Å². The third-order valence-corrected chi connectivity index (χ3v) is 7.04. The van der Waals surface area contributed by atoms with Gasteiger partial charge in [-0.05, 0) is 69.9 Å². The summed E-state index contributed by atoms with van der Waals surface area (Å²) in [6.45, 7) is 13.4. The number of carbonyl (C=O) groups excluding carboxylic acids is 1. The molecule has 2 aromatic heterocycles. The van der Waals surface area contributed by atoms with Crippen LogP contribution in [0.3, 0.4) is 0 Å². The van der Waals surface area contributed by atoms with Gasteiger partial charge < -0.3 is 19.6 Å². The number of H-pyrrole nitrogens is 2. The molecule has 0 bridgehead atoms. The number of hydrogen-bond donors (Lipinski definition) is 2. The van der Waals surface area contributed by atoms with E-state index in [2.05, 4.69) is 79.7 Å². The maximum Gasteiger partial charge on any atom is 0.319 e. The average Bonchev–Trinajstić information content (AvgIpc) is 3.66. The fourth-order valence-electron chi connectivity index (χ4n) is 4.93. The Labute approximate surface area is 234 Å². The van der Waals surface area contributed by atoms with Gasteiger partial charge in [-0.25, -0.2) is 9.97 Å². The summed E-state index contributed by atoms with van der Waals surface area (Å²) in [5.41, 5.74) is 2.41. The van der Waals surface area contributed by atoms with Crippen molar-refractivity contribution in [3.05, 3.63) is 71.8 Å². The number of unbranched alkanes of at least 4 members (excludes halogenated alkanes) is 1. The van der Waals surface area contributed by atoms with Crippen LogP contribution in [0.2, 0.25) is 0 Å². The van der Waals surface area contributed by atoms with Gasteiger partial charge in [0.05, 0.1) is 26.2 Å². The van der Waals surface area contributed by atoms with Gasteiger partial charge in [-0.3, -0.25) is 14.6 Å². The summed E-state index contributed by atoms with van der Waals surface area (Å²) in [6.07, 6.45) is 11.9. The van der Waals surface area contributed by atoms with Gasteiger partial charge in [0.1, 0.15) is 11.6 Å². The molecule has 0 saturated carbocycles. The van der Waals surface area contributed by atoms with Crippen molar-refractivity contribution in [3.8, 4) is 0 Å². The molecule has 0 fully saturated rings. The van der Waals surface area contributed by atoms with Crippen molar-refractivity contribution >= 4 is 5.97 Å². The Morgan fingerprint density at radius 3 is 2.03 bits per heavy atom. The van der Waals surface area contributed by atoms with Crippen LogP contribution in [-0.2, 0) is 29.2 Å². The predicted octanol–water partition coefficient (Wildman–Crippen LogP) is 4.77. The molecule has 9 heteroatoms. The van der Waals surface area contributed by atoms with E-state index >= 15 is 0 Å². The van der Waals surface area contributed by atoms with Crippen LogP contribution in [0, 0.1) is 0 Å². The maximum absolute atomic E-state index is 12.1. The first-order chi connectivity index (χ1) is 19.0. The van der Waals surface area contributed by atoms with E-state index < -0.39 is 0 Å². The number of methoxy groups -OCH3 is 1. The molecular weight excluding hydrogens is 490 g/mol. The van der Waals surface area contributed by atoms with Crippen LogP contribution in [0.5, 0.6) is 0 Å². The summed E-state index contributed by atoms with van der Waals surface area (Å²) in [5, 5.41) is 0. The number of nitrogens with one attached hydrogen (secondary N) is 2. The Balaban J connectivity index is 1.59. The number of carbonyl (C=O) groups is 1. The number of aromatic amines is 2. The molecule has 39 heavy (non-hydrogen) atoms. The lowest BCUT2D eigenvalue weighted by Crippen LogP contribution is -2.32. The molecule has 3 rings (SSSR count). The van der Waals surface area contributed by atoms with Gasteiger partial charge in [0, 0.05) is 37.9 Å². The molecular formula is C30H47N7O2. The second-order valence-electron chi connectivity index (χ2n) is 10.2. The third-order valence-electron chi connectivity index (χ3n) is 7.04. The lowest BCUT2D eigenvalue weighted by Gasteiger charge is -2.27. The number of hydrogen-bond acceptors (Lipinski definition) is 7. The van der Waals surface area contributed by atoms with Crippen LogP contribution in [0.25, 0.3) is 0 Å². The summed E-state index contributed by atoms with van der Waals surface area (Å²) >= 11 is 0. The molecule has 1 unspecified atom stereocenters. The molecule has 214 valence electrons. The zero-order valence-corrected chi connectivity index (χ0v) is 24.2. The van der Waals surface area contributed by atoms with E-state index in [0.717, 1.165) is 63.8 Å². The molecule has 9 nitrogen and oxygen atoms in total. The molecule has 2 heterocycles. The minimum Gasteiger partial charge on any atom is -0.468 e. The highest BCUT2D eigenvalue weighted by atomic mass is 16.5. The van der Waals surface area contributed by atoms with Crippen molar-refractivity contribution in [3.63, 3.8) is 0 Å². The monoisotopic (exact) mass is 537 g/mol. The standard InChI is InChI=1S/C30H47N7O2/c1-5-17-35(18-6-2)19-7-8-20-36(24-29(38)39-4)21-26-9-11-27(12-10-26)22-37(23-28-31-13-14-32-28)25(3)30-33-15-16-34-30/h9-16,25H,5-8,17-24H2,1-4H3,(H,31,32)(H,33,34). The van der Waals surface area contributed by atoms with E-state index in [0.29, 0.717) is 13.1 Å². The van der Waals surface area contributed by atoms with Gasteiger partial charge in [-0.1, -0.05) is 38.1 Å². The van der Waals surface area contributed by atoms with Gasteiger partial charge in [0.25, 0.3) is 0 Å². The second kappa shape index (κ2) is 16.8. The lowest BCUT2D eigenvalue weighted by atomic mass is 10.1. The van der Waals surface area contributed by atoms with E-state index in [1.54, 1.807) is 12.4 Å². The number of rotatable bonds is 19. The molecule has 0 amide bonds. The third kappa shape index (κ3) is 10.6. The number of esters is 1. The molecule has 1 atom stereocenters. The van der Waals surface area contributed by atoms with Crippen molar-refractivity contribution in [2.24, 2.45) is 0 Å². The Bertz CT molecular complexity index is 1030. The number of aromatic nitrogens is 4. The zero-order valence-electron chi connectivity index (χ0n) is 24.2. The number of ether oxygens (including phenoxy) is 1. The molecule has 0 aliphatic heterocycles. The minimum absolute atomic E-state index is 0.103. The fourth-order valence-corrected chi connectivity index (χ4v) is 4.93. The van der Waals surface area contributed by atoms with E-state index in [1.807, 2.05) is 12.4 Å². The molecule has 0 spiro atoms. The highest BCUT2D eigenvalue weighted by molar-refractivity contribution is 5.71. The van der Waals surface area contributed by atoms with Crippen LogP contribution < -0.4 is 0 Å². The fraction of sp³-hybridized carbons (Fsp3) is 0.567. The molecule has 1 aromatic carbocycles. The quantitative estimate of drug-likeness (QED) is 0.168. The van der Waals surface area contributed by atoms with Gasteiger partial charge >= 0.3 is 5.97 Å². The van der Waals surface area contributed by atoms with Gasteiger partial charge in [-0.2, -0.15) is 0 Å². The summed E-state index contributed by atoms with van der Waals surface area (Å²) in [4.78, 5) is 34.5. The Kier molecular flexibility index (Phi) is 13.2. The number of nitrogens with zero attached hydrogens (tertiary/aromatic N) is 5. The van der Waals surface area contributed by atoms with Crippen LogP contribution in [0.15, 0.2) is 49.1 Å². The average molecular weight is 538 g/mol. The number of benzene rings is 1. The molecule has 0 radical (unpaired) electrons. The van der Waals surface area contributed by atoms with Crippen LogP contribution >= 0.6 is 0 Å². The van der Waals surface area contributed by atoms with E-state index in [9.17, 15) is 4.79 Å². The van der Waals surface area contributed by atoms with Crippen molar-refractivity contribution in [2.75, 3.05) is 39.8 Å². The van der Waals surface area contributed by atoms with E-state index in [1.165, 1.54) is 31.1 Å². The Morgan fingerprint density at radius 1 is 0.846 bits per heavy atom.